The van der Waals surface area contributed by atoms with Crippen molar-refractivity contribution in [2.45, 2.75) is 36.8 Å². The predicted molar refractivity (Wildman–Crippen MR) is 130 cm³/mol. The maximum atomic E-state index is 12.5. The minimum atomic E-state index is -2.45. The molecule has 6 N–H and O–H groups in total. The van der Waals surface area contributed by atoms with Crippen LogP contribution < -0.4 is 4.74 Å². The lowest BCUT2D eigenvalue weighted by atomic mass is 9.79. The number of ether oxygens (including phenoxy) is 3. The van der Waals surface area contributed by atoms with Crippen LogP contribution in [0, 0.1) is 0 Å². The van der Waals surface area contributed by atoms with Crippen LogP contribution in [0.25, 0.3) is 12.2 Å². The molecule has 0 aromatic heterocycles. The number of rotatable bonds is 8. The maximum absolute atomic E-state index is 12.5. The molecule has 12 heteroatoms. The van der Waals surface area contributed by atoms with Crippen molar-refractivity contribution in [1.82, 2.24) is 0 Å². The van der Waals surface area contributed by atoms with Crippen LogP contribution in [0.2, 0.25) is 0 Å². The molecule has 0 saturated heterocycles. The number of benzene rings is 2. The van der Waals surface area contributed by atoms with Gasteiger partial charge >= 0.3 is 17.9 Å². The summed E-state index contributed by atoms with van der Waals surface area (Å²) >= 11 is 0. The number of aliphatic carboxylic acids is 1. The van der Waals surface area contributed by atoms with E-state index in [2.05, 4.69) is 0 Å². The first kappa shape index (κ1) is 28.0. The monoisotopic (exact) mass is 530 g/mol. The average molecular weight is 530 g/mol. The molecule has 1 saturated carbocycles. The first-order valence-electron chi connectivity index (χ1n) is 11.2. The van der Waals surface area contributed by atoms with Gasteiger partial charge in [0.1, 0.15) is 6.10 Å². The Kier molecular flexibility index (Phi) is 8.61. The van der Waals surface area contributed by atoms with Gasteiger partial charge in [0.2, 0.25) is 0 Å². The molecule has 1 fully saturated rings. The number of carbonyl (C=O) groups excluding carboxylic acids is 2. The molecule has 1 aliphatic carbocycles. The van der Waals surface area contributed by atoms with Gasteiger partial charge in [0.25, 0.3) is 0 Å². The fraction of sp³-hybridized carbons (Fsp3) is 0.269. The number of esters is 2. The van der Waals surface area contributed by atoms with Crippen LogP contribution in [0.3, 0.4) is 0 Å². The van der Waals surface area contributed by atoms with Gasteiger partial charge in [0, 0.05) is 25.0 Å². The first-order chi connectivity index (χ1) is 17.9. The van der Waals surface area contributed by atoms with Crippen molar-refractivity contribution in [1.29, 1.82) is 0 Å². The van der Waals surface area contributed by atoms with Gasteiger partial charge in [0.05, 0.1) is 13.2 Å². The molecule has 38 heavy (non-hydrogen) atoms. The lowest BCUT2D eigenvalue weighted by Gasteiger charge is -2.40. The second-order valence-corrected chi connectivity index (χ2v) is 8.54. The van der Waals surface area contributed by atoms with Gasteiger partial charge in [-0.25, -0.2) is 14.4 Å². The van der Waals surface area contributed by atoms with Crippen molar-refractivity contribution in [2.75, 3.05) is 7.11 Å². The minimum Gasteiger partial charge on any atom is -0.504 e. The molecular formula is C26H26O12. The SMILES string of the molecule is COc1ccc(C=CC(=O)O[C@H]2[C@H](O)C[C@@](O)(C(=O)O)C[C@H]2OC(=O)C=Cc2ccc(O)c(O)c2)cc1O. The summed E-state index contributed by atoms with van der Waals surface area (Å²) in [6.07, 6.45) is -1.63. The highest BCUT2D eigenvalue weighted by Gasteiger charge is 2.52. The van der Waals surface area contributed by atoms with E-state index in [1.54, 1.807) is 6.07 Å². The summed E-state index contributed by atoms with van der Waals surface area (Å²) in [5, 5.41) is 59.1. The number of hydrogen-bond donors (Lipinski definition) is 6. The smallest absolute Gasteiger partial charge is 0.335 e. The molecule has 0 heterocycles. The zero-order chi connectivity index (χ0) is 28.0. The first-order valence-corrected chi connectivity index (χ1v) is 11.2. The van der Waals surface area contributed by atoms with E-state index in [0.29, 0.717) is 11.1 Å². The normalized spacial score (nSPS) is 23.3. The zero-order valence-corrected chi connectivity index (χ0v) is 20.1. The molecular weight excluding hydrogens is 504 g/mol. The summed E-state index contributed by atoms with van der Waals surface area (Å²) in [4.78, 5) is 36.5. The van der Waals surface area contributed by atoms with E-state index < -0.39 is 60.4 Å². The largest absolute Gasteiger partial charge is 0.504 e. The number of carboxylic acid groups (broad SMARTS) is 1. The van der Waals surface area contributed by atoms with Crippen molar-refractivity contribution < 1.29 is 59.2 Å². The number of aliphatic hydroxyl groups is 2. The molecule has 0 amide bonds. The number of phenolic OH excluding ortho intramolecular Hbond substituents is 3. The van der Waals surface area contributed by atoms with Crippen LogP contribution in [0.4, 0.5) is 0 Å². The molecule has 4 atom stereocenters. The third-order valence-electron chi connectivity index (χ3n) is 5.78. The molecule has 0 bridgehead atoms. The number of aromatic hydroxyl groups is 3. The van der Waals surface area contributed by atoms with Crippen molar-refractivity contribution >= 4 is 30.1 Å². The number of carboxylic acids is 1. The van der Waals surface area contributed by atoms with E-state index in [9.17, 15) is 45.0 Å². The Morgan fingerprint density at radius 2 is 1.45 bits per heavy atom. The highest BCUT2D eigenvalue weighted by atomic mass is 16.6. The molecule has 12 nitrogen and oxygen atoms in total. The molecule has 0 radical (unpaired) electrons. The molecule has 0 unspecified atom stereocenters. The molecule has 3 rings (SSSR count). The van der Waals surface area contributed by atoms with Crippen molar-refractivity contribution in [3.63, 3.8) is 0 Å². The third kappa shape index (κ3) is 6.81. The number of aliphatic hydroxyl groups excluding tert-OH is 1. The molecule has 1 aliphatic rings. The molecule has 2 aromatic rings. The van der Waals surface area contributed by atoms with E-state index in [4.69, 9.17) is 14.2 Å². The summed E-state index contributed by atoms with van der Waals surface area (Å²) in [5.74, 6) is -4.38. The van der Waals surface area contributed by atoms with Gasteiger partial charge in [-0.3, -0.25) is 0 Å². The quantitative estimate of drug-likeness (QED) is 0.163. The molecule has 2 aromatic carbocycles. The van der Waals surface area contributed by atoms with E-state index in [1.807, 2.05) is 0 Å². The van der Waals surface area contributed by atoms with Gasteiger partial charge in [-0.1, -0.05) is 12.1 Å². The fourth-order valence-corrected chi connectivity index (χ4v) is 3.83. The number of hydrogen-bond acceptors (Lipinski definition) is 11. The van der Waals surface area contributed by atoms with Crippen LogP contribution in [-0.4, -0.2) is 79.6 Å². The summed E-state index contributed by atoms with van der Waals surface area (Å²) < 4.78 is 15.4. The Morgan fingerprint density at radius 3 is 2.00 bits per heavy atom. The fourth-order valence-electron chi connectivity index (χ4n) is 3.83. The summed E-state index contributed by atoms with van der Waals surface area (Å²) in [6.45, 7) is 0. The van der Waals surface area contributed by atoms with Crippen molar-refractivity contribution in [2.24, 2.45) is 0 Å². The van der Waals surface area contributed by atoms with Gasteiger partial charge in [-0.2, -0.15) is 0 Å². The Bertz CT molecular complexity index is 1270. The summed E-state index contributed by atoms with van der Waals surface area (Å²) in [7, 11) is 1.38. The second kappa shape index (κ2) is 11.7. The molecule has 0 aliphatic heterocycles. The van der Waals surface area contributed by atoms with Crippen LogP contribution in [0.1, 0.15) is 24.0 Å². The van der Waals surface area contributed by atoms with E-state index in [-0.39, 0.29) is 17.2 Å². The average Bonchev–Trinajstić information content (AvgIpc) is 2.85. The van der Waals surface area contributed by atoms with E-state index >= 15 is 0 Å². The number of methoxy groups -OCH3 is 1. The van der Waals surface area contributed by atoms with E-state index in [0.717, 1.165) is 12.2 Å². The van der Waals surface area contributed by atoms with Gasteiger partial charge in [-0.15, -0.1) is 0 Å². The third-order valence-corrected chi connectivity index (χ3v) is 5.78. The van der Waals surface area contributed by atoms with Crippen LogP contribution >= 0.6 is 0 Å². The standard InChI is InChI=1S/C26H26O12/c1-36-20-7-3-15(11-18(20)29)5-9-23(32)38-24-19(30)12-26(35,25(33)34)13-21(24)37-22(31)8-4-14-2-6-16(27)17(28)10-14/h2-11,19,21,24,27-30,35H,12-13H2,1H3,(H,33,34)/t19-,21-,24+,26+/m1/s1. The highest BCUT2D eigenvalue weighted by Crippen LogP contribution is 2.33. The van der Waals surface area contributed by atoms with Crippen LogP contribution in [-0.2, 0) is 23.9 Å². The lowest BCUT2D eigenvalue weighted by molar-refractivity contribution is -0.204. The number of carbonyl (C=O) groups is 3. The van der Waals surface area contributed by atoms with Gasteiger partial charge < -0.3 is 44.8 Å². The van der Waals surface area contributed by atoms with Crippen LogP contribution in [0.15, 0.2) is 48.6 Å². The maximum Gasteiger partial charge on any atom is 0.335 e. The summed E-state index contributed by atoms with van der Waals surface area (Å²) in [6, 6.07) is 8.12. The molecule has 202 valence electrons. The molecule has 0 spiro atoms. The lowest BCUT2D eigenvalue weighted by Crippen LogP contribution is -2.58. The number of phenols is 3. The van der Waals surface area contributed by atoms with Crippen molar-refractivity contribution in [3.8, 4) is 23.0 Å². The highest BCUT2D eigenvalue weighted by molar-refractivity contribution is 5.88. The van der Waals surface area contributed by atoms with Crippen molar-refractivity contribution in [3.05, 3.63) is 59.7 Å². The Morgan fingerprint density at radius 1 is 0.868 bits per heavy atom. The topological polar surface area (TPSA) is 200 Å². The van der Waals surface area contributed by atoms with Gasteiger partial charge in [-0.05, 0) is 47.5 Å². The summed E-state index contributed by atoms with van der Waals surface area (Å²) in [5.41, 5.74) is -1.71. The van der Waals surface area contributed by atoms with E-state index in [1.165, 1.54) is 49.6 Å². The van der Waals surface area contributed by atoms with Gasteiger partial charge in [0.15, 0.2) is 34.7 Å². The Hall–Kier alpha value is -4.55. The predicted octanol–water partition coefficient (Wildman–Crippen LogP) is 1.33. The Balaban J connectivity index is 1.75. The second-order valence-electron chi connectivity index (χ2n) is 8.54. The van der Waals surface area contributed by atoms with Crippen LogP contribution in [0.5, 0.6) is 23.0 Å². The zero-order valence-electron chi connectivity index (χ0n) is 20.1. The Labute approximate surface area is 216 Å². The minimum absolute atomic E-state index is 0.166.